The SMILES string of the molecule is c1ccc(CN2CCCC(NCc3cccnn3)C2)cc1. The van der Waals surface area contributed by atoms with E-state index in [1.165, 1.54) is 24.9 Å². The molecule has 2 heterocycles. The Bertz CT molecular complexity index is 529. The van der Waals surface area contributed by atoms with Crippen LogP contribution in [0.25, 0.3) is 0 Å². The zero-order valence-electron chi connectivity index (χ0n) is 12.3. The van der Waals surface area contributed by atoms with Crippen LogP contribution in [0.1, 0.15) is 24.1 Å². The highest BCUT2D eigenvalue weighted by molar-refractivity contribution is 5.14. The number of benzene rings is 1. The van der Waals surface area contributed by atoms with E-state index in [1.807, 2.05) is 12.1 Å². The molecular formula is C17H22N4. The lowest BCUT2D eigenvalue weighted by Gasteiger charge is -2.33. The number of hydrogen-bond donors (Lipinski definition) is 1. The zero-order chi connectivity index (χ0) is 14.3. The lowest BCUT2D eigenvalue weighted by Crippen LogP contribution is -2.45. The van der Waals surface area contributed by atoms with Crippen LogP contribution in [0.5, 0.6) is 0 Å². The number of nitrogens with one attached hydrogen (secondary N) is 1. The largest absolute Gasteiger partial charge is 0.307 e. The van der Waals surface area contributed by atoms with Gasteiger partial charge in [0.15, 0.2) is 0 Å². The van der Waals surface area contributed by atoms with Gasteiger partial charge in [0, 0.05) is 31.9 Å². The van der Waals surface area contributed by atoms with Gasteiger partial charge >= 0.3 is 0 Å². The van der Waals surface area contributed by atoms with Crippen molar-refractivity contribution in [2.24, 2.45) is 0 Å². The summed E-state index contributed by atoms with van der Waals surface area (Å²) in [7, 11) is 0. The van der Waals surface area contributed by atoms with Crippen LogP contribution in [-0.2, 0) is 13.1 Å². The molecule has 110 valence electrons. The van der Waals surface area contributed by atoms with Crippen LogP contribution < -0.4 is 5.32 Å². The van der Waals surface area contributed by atoms with Gasteiger partial charge in [-0.05, 0) is 37.1 Å². The first-order valence-electron chi connectivity index (χ1n) is 7.66. The Kier molecular flexibility index (Phi) is 4.92. The predicted molar refractivity (Wildman–Crippen MR) is 83.6 cm³/mol. The third-order valence-electron chi connectivity index (χ3n) is 3.95. The second-order valence-electron chi connectivity index (χ2n) is 5.66. The maximum Gasteiger partial charge on any atom is 0.0769 e. The van der Waals surface area contributed by atoms with Gasteiger partial charge in [-0.1, -0.05) is 30.3 Å². The van der Waals surface area contributed by atoms with Gasteiger partial charge in [0.2, 0.25) is 0 Å². The lowest BCUT2D eigenvalue weighted by molar-refractivity contribution is 0.182. The number of piperidine rings is 1. The maximum absolute atomic E-state index is 4.12. The molecule has 0 spiro atoms. The molecule has 4 nitrogen and oxygen atoms in total. The molecular weight excluding hydrogens is 260 g/mol. The van der Waals surface area contributed by atoms with Crippen molar-refractivity contribution in [3.05, 3.63) is 59.9 Å². The van der Waals surface area contributed by atoms with E-state index >= 15 is 0 Å². The first-order valence-corrected chi connectivity index (χ1v) is 7.66. The fourth-order valence-corrected chi connectivity index (χ4v) is 2.88. The Balaban J connectivity index is 1.49. The minimum absolute atomic E-state index is 0.546. The highest BCUT2D eigenvalue weighted by Crippen LogP contribution is 2.14. The molecule has 1 atom stereocenters. The third-order valence-corrected chi connectivity index (χ3v) is 3.95. The molecule has 1 saturated heterocycles. The molecule has 21 heavy (non-hydrogen) atoms. The molecule has 1 fully saturated rings. The Morgan fingerprint density at radius 1 is 1.14 bits per heavy atom. The summed E-state index contributed by atoms with van der Waals surface area (Å²) in [6.07, 6.45) is 4.21. The van der Waals surface area contributed by atoms with Crippen LogP contribution in [0.3, 0.4) is 0 Å². The number of aromatic nitrogens is 2. The van der Waals surface area contributed by atoms with Gasteiger partial charge in [-0.2, -0.15) is 10.2 Å². The van der Waals surface area contributed by atoms with Crippen molar-refractivity contribution in [3.63, 3.8) is 0 Å². The maximum atomic E-state index is 4.12. The Morgan fingerprint density at radius 3 is 2.86 bits per heavy atom. The second kappa shape index (κ2) is 7.29. The smallest absolute Gasteiger partial charge is 0.0769 e. The highest BCUT2D eigenvalue weighted by atomic mass is 15.2. The summed E-state index contributed by atoms with van der Waals surface area (Å²) in [5.74, 6) is 0. The lowest BCUT2D eigenvalue weighted by atomic mass is 10.0. The summed E-state index contributed by atoms with van der Waals surface area (Å²) in [5, 5.41) is 11.7. The van der Waals surface area contributed by atoms with Crippen LogP contribution in [0.15, 0.2) is 48.7 Å². The second-order valence-corrected chi connectivity index (χ2v) is 5.66. The quantitative estimate of drug-likeness (QED) is 0.913. The van der Waals surface area contributed by atoms with Gasteiger partial charge < -0.3 is 5.32 Å². The molecule has 0 radical (unpaired) electrons. The fraction of sp³-hybridized carbons (Fsp3) is 0.412. The predicted octanol–water partition coefficient (Wildman–Crippen LogP) is 2.23. The van der Waals surface area contributed by atoms with Crippen LogP contribution >= 0.6 is 0 Å². The van der Waals surface area contributed by atoms with Gasteiger partial charge in [0.25, 0.3) is 0 Å². The average Bonchev–Trinajstić information content (AvgIpc) is 2.55. The minimum atomic E-state index is 0.546. The van der Waals surface area contributed by atoms with Gasteiger partial charge in [0.05, 0.1) is 5.69 Å². The van der Waals surface area contributed by atoms with E-state index in [2.05, 4.69) is 50.7 Å². The van der Waals surface area contributed by atoms with Crippen LogP contribution in [-0.4, -0.2) is 34.2 Å². The van der Waals surface area contributed by atoms with E-state index in [-0.39, 0.29) is 0 Å². The van der Waals surface area contributed by atoms with Crippen molar-refractivity contribution < 1.29 is 0 Å². The van der Waals surface area contributed by atoms with Gasteiger partial charge in [-0.3, -0.25) is 4.90 Å². The molecule has 1 N–H and O–H groups in total. The molecule has 1 unspecified atom stereocenters. The molecule has 1 aliphatic heterocycles. The Hall–Kier alpha value is -1.78. The molecule has 2 aromatic rings. The first-order chi connectivity index (χ1) is 10.4. The topological polar surface area (TPSA) is 41.0 Å². The summed E-state index contributed by atoms with van der Waals surface area (Å²) < 4.78 is 0. The van der Waals surface area contributed by atoms with E-state index in [1.54, 1.807) is 6.20 Å². The van der Waals surface area contributed by atoms with Gasteiger partial charge in [-0.25, -0.2) is 0 Å². The van der Waals surface area contributed by atoms with E-state index in [9.17, 15) is 0 Å². The standard InChI is InChI=1S/C17H22N4/c1-2-6-15(7-3-1)13-21-11-5-9-17(14-21)18-12-16-8-4-10-19-20-16/h1-4,6-8,10,17-18H,5,9,11-14H2. The summed E-state index contributed by atoms with van der Waals surface area (Å²) >= 11 is 0. The minimum Gasteiger partial charge on any atom is -0.307 e. The third kappa shape index (κ3) is 4.34. The Labute approximate surface area is 126 Å². The summed E-state index contributed by atoms with van der Waals surface area (Å²) in [6.45, 7) is 4.15. The monoisotopic (exact) mass is 282 g/mol. The molecule has 3 rings (SSSR count). The van der Waals surface area contributed by atoms with Crippen LogP contribution in [0.2, 0.25) is 0 Å². The van der Waals surface area contributed by atoms with E-state index in [0.717, 1.165) is 25.3 Å². The molecule has 0 saturated carbocycles. The molecule has 0 amide bonds. The van der Waals surface area contributed by atoms with Crippen molar-refractivity contribution in [1.82, 2.24) is 20.4 Å². The van der Waals surface area contributed by atoms with Crippen molar-refractivity contribution >= 4 is 0 Å². The number of nitrogens with zero attached hydrogens (tertiary/aromatic N) is 3. The molecule has 1 aliphatic rings. The number of hydrogen-bond acceptors (Lipinski definition) is 4. The molecule has 1 aromatic carbocycles. The van der Waals surface area contributed by atoms with E-state index < -0.39 is 0 Å². The number of likely N-dealkylation sites (tertiary alicyclic amines) is 1. The average molecular weight is 282 g/mol. The first kappa shape index (κ1) is 14.2. The highest BCUT2D eigenvalue weighted by Gasteiger charge is 2.19. The van der Waals surface area contributed by atoms with Crippen molar-refractivity contribution in [1.29, 1.82) is 0 Å². The molecule has 1 aromatic heterocycles. The van der Waals surface area contributed by atoms with Crippen molar-refractivity contribution in [3.8, 4) is 0 Å². The van der Waals surface area contributed by atoms with Crippen molar-refractivity contribution in [2.75, 3.05) is 13.1 Å². The van der Waals surface area contributed by atoms with Crippen molar-refractivity contribution in [2.45, 2.75) is 32.0 Å². The van der Waals surface area contributed by atoms with E-state index in [4.69, 9.17) is 0 Å². The molecule has 0 aliphatic carbocycles. The summed E-state index contributed by atoms with van der Waals surface area (Å²) in [6, 6.07) is 15.2. The normalized spacial score (nSPS) is 19.5. The van der Waals surface area contributed by atoms with E-state index in [0.29, 0.717) is 6.04 Å². The summed E-state index contributed by atoms with van der Waals surface area (Å²) in [4.78, 5) is 2.53. The molecule has 4 heteroatoms. The number of rotatable bonds is 5. The van der Waals surface area contributed by atoms with Crippen LogP contribution in [0.4, 0.5) is 0 Å². The molecule has 0 bridgehead atoms. The van der Waals surface area contributed by atoms with Gasteiger partial charge in [0.1, 0.15) is 0 Å². The fourth-order valence-electron chi connectivity index (χ4n) is 2.88. The van der Waals surface area contributed by atoms with Gasteiger partial charge in [-0.15, -0.1) is 0 Å². The Morgan fingerprint density at radius 2 is 2.05 bits per heavy atom. The van der Waals surface area contributed by atoms with Crippen LogP contribution in [0, 0.1) is 0 Å². The zero-order valence-corrected chi connectivity index (χ0v) is 12.3. The summed E-state index contributed by atoms with van der Waals surface area (Å²) in [5.41, 5.74) is 2.41.